The number of likely N-dealkylation sites (tertiary alicyclic amines) is 1. The van der Waals surface area contributed by atoms with Crippen LogP contribution in [0.2, 0.25) is 0 Å². The maximum Gasteiger partial charge on any atom is 0.171 e. The quantitative estimate of drug-likeness (QED) is 0.841. The maximum atomic E-state index is 5.46. The summed E-state index contributed by atoms with van der Waals surface area (Å²) in [6, 6.07) is 19.3. The van der Waals surface area contributed by atoms with E-state index in [1.54, 1.807) is 0 Å². The van der Waals surface area contributed by atoms with Gasteiger partial charge in [-0.1, -0.05) is 48.5 Å². The Balaban J connectivity index is 1.48. The molecule has 0 saturated carbocycles. The highest BCUT2D eigenvalue weighted by Gasteiger charge is 2.22. The highest BCUT2D eigenvalue weighted by Crippen LogP contribution is 2.15. The van der Waals surface area contributed by atoms with Crippen molar-refractivity contribution in [2.75, 3.05) is 18.4 Å². The van der Waals surface area contributed by atoms with Crippen molar-refractivity contribution in [1.82, 2.24) is 10.2 Å². The largest absolute Gasteiger partial charge is 0.358 e. The van der Waals surface area contributed by atoms with Gasteiger partial charge in [0.2, 0.25) is 0 Å². The standard InChI is InChI=1S/C19H23N3S/c1-15-7-5-6-10-18(15)21-19(23)20-17-11-12-22(14-17)13-16-8-3-2-4-9-16/h2-10,17H,11-14H2,1H3,(H2,20,21,23)/t17-/m1/s1. The van der Waals surface area contributed by atoms with Gasteiger partial charge in [0.1, 0.15) is 0 Å². The van der Waals surface area contributed by atoms with Crippen LogP contribution < -0.4 is 10.6 Å². The highest BCUT2D eigenvalue weighted by atomic mass is 32.1. The molecule has 2 aromatic carbocycles. The van der Waals surface area contributed by atoms with E-state index < -0.39 is 0 Å². The Morgan fingerprint density at radius 1 is 1.13 bits per heavy atom. The molecule has 0 unspecified atom stereocenters. The first-order valence-electron chi connectivity index (χ1n) is 8.10. The molecule has 0 aromatic heterocycles. The van der Waals surface area contributed by atoms with Gasteiger partial charge in [-0.05, 0) is 42.8 Å². The minimum atomic E-state index is 0.419. The predicted molar refractivity (Wildman–Crippen MR) is 101 cm³/mol. The van der Waals surface area contributed by atoms with E-state index >= 15 is 0 Å². The van der Waals surface area contributed by atoms with Crippen molar-refractivity contribution in [2.45, 2.75) is 25.9 Å². The highest BCUT2D eigenvalue weighted by molar-refractivity contribution is 7.80. The molecule has 1 aliphatic heterocycles. The van der Waals surface area contributed by atoms with E-state index in [2.05, 4.69) is 64.9 Å². The number of rotatable bonds is 4. The van der Waals surface area contributed by atoms with Gasteiger partial charge < -0.3 is 10.6 Å². The van der Waals surface area contributed by atoms with Gasteiger partial charge in [0, 0.05) is 31.4 Å². The second kappa shape index (κ2) is 7.57. The zero-order valence-corrected chi connectivity index (χ0v) is 14.3. The van der Waals surface area contributed by atoms with Crippen LogP contribution in [0.3, 0.4) is 0 Å². The number of hydrogen-bond acceptors (Lipinski definition) is 2. The lowest BCUT2D eigenvalue weighted by atomic mass is 10.2. The molecule has 2 aromatic rings. The molecule has 1 atom stereocenters. The topological polar surface area (TPSA) is 27.3 Å². The van der Waals surface area contributed by atoms with Crippen molar-refractivity contribution in [3.05, 3.63) is 65.7 Å². The minimum Gasteiger partial charge on any atom is -0.358 e. The molecular weight excluding hydrogens is 302 g/mol. The van der Waals surface area contributed by atoms with Gasteiger partial charge in [-0.25, -0.2) is 0 Å². The van der Waals surface area contributed by atoms with Gasteiger partial charge in [-0.2, -0.15) is 0 Å². The first-order valence-corrected chi connectivity index (χ1v) is 8.51. The van der Waals surface area contributed by atoms with Crippen LogP contribution >= 0.6 is 12.2 Å². The van der Waals surface area contributed by atoms with E-state index in [1.807, 2.05) is 12.1 Å². The van der Waals surface area contributed by atoms with Gasteiger partial charge in [0.25, 0.3) is 0 Å². The fourth-order valence-electron chi connectivity index (χ4n) is 2.99. The number of nitrogens with one attached hydrogen (secondary N) is 2. The molecule has 0 amide bonds. The Kier molecular flexibility index (Phi) is 5.26. The zero-order valence-electron chi connectivity index (χ0n) is 13.5. The second-order valence-corrected chi connectivity index (χ2v) is 6.53. The zero-order chi connectivity index (χ0) is 16.1. The molecule has 1 aliphatic rings. The molecule has 0 radical (unpaired) electrons. The SMILES string of the molecule is Cc1ccccc1NC(=S)N[C@@H]1CCN(Cc2ccccc2)C1. The Hall–Kier alpha value is -1.91. The lowest BCUT2D eigenvalue weighted by Crippen LogP contribution is -2.39. The van der Waals surface area contributed by atoms with Crippen molar-refractivity contribution >= 4 is 23.0 Å². The first kappa shape index (κ1) is 16.0. The number of para-hydroxylation sites is 1. The van der Waals surface area contributed by atoms with Crippen LogP contribution in [0.15, 0.2) is 54.6 Å². The van der Waals surface area contributed by atoms with E-state index in [0.717, 1.165) is 31.7 Å². The van der Waals surface area contributed by atoms with Crippen LogP contribution in [0.1, 0.15) is 17.5 Å². The van der Waals surface area contributed by atoms with Crippen LogP contribution in [0.25, 0.3) is 0 Å². The molecule has 0 spiro atoms. The van der Waals surface area contributed by atoms with Crippen LogP contribution in [0.4, 0.5) is 5.69 Å². The van der Waals surface area contributed by atoms with E-state index in [-0.39, 0.29) is 0 Å². The number of thiocarbonyl (C=S) groups is 1. The molecular formula is C19H23N3S. The Morgan fingerprint density at radius 2 is 1.87 bits per heavy atom. The Bertz CT molecular complexity index is 657. The number of anilines is 1. The van der Waals surface area contributed by atoms with Gasteiger partial charge >= 0.3 is 0 Å². The maximum absolute atomic E-state index is 5.46. The number of benzene rings is 2. The third-order valence-corrected chi connectivity index (χ3v) is 4.47. The number of nitrogens with zero attached hydrogens (tertiary/aromatic N) is 1. The van der Waals surface area contributed by atoms with Crippen molar-refractivity contribution in [3.63, 3.8) is 0 Å². The lowest BCUT2D eigenvalue weighted by molar-refractivity contribution is 0.324. The minimum absolute atomic E-state index is 0.419. The Morgan fingerprint density at radius 3 is 2.65 bits per heavy atom. The lowest BCUT2D eigenvalue weighted by Gasteiger charge is -2.19. The van der Waals surface area contributed by atoms with Gasteiger partial charge in [0.15, 0.2) is 5.11 Å². The van der Waals surface area contributed by atoms with Gasteiger partial charge in [0.05, 0.1) is 0 Å². The molecule has 0 aliphatic carbocycles. The summed E-state index contributed by atoms with van der Waals surface area (Å²) in [6.07, 6.45) is 1.13. The summed E-state index contributed by atoms with van der Waals surface area (Å²) in [5.74, 6) is 0. The molecule has 23 heavy (non-hydrogen) atoms. The van der Waals surface area contributed by atoms with E-state index in [4.69, 9.17) is 12.2 Å². The van der Waals surface area contributed by atoms with Crippen molar-refractivity contribution < 1.29 is 0 Å². The summed E-state index contributed by atoms with van der Waals surface area (Å²) in [5.41, 5.74) is 3.65. The first-order chi connectivity index (χ1) is 11.2. The van der Waals surface area contributed by atoms with Crippen LogP contribution in [0, 0.1) is 6.92 Å². The molecule has 1 fully saturated rings. The fourth-order valence-corrected chi connectivity index (χ4v) is 3.27. The van der Waals surface area contributed by atoms with Crippen LogP contribution in [0.5, 0.6) is 0 Å². The van der Waals surface area contributed by atoms with Gasteiger partial charge in [-0.15, -0.1) is 0 Å². The molecule has 0 bridgehead atoms. The average Bonchev–Trinajstić information content (AvgIpc) is 2.97. The van der Waals surface area contributed by atoms with Gasteiger partial charge in [-0.3, -0.25) is 4.90 Å². The Labute approximate surface area is 143 Å². The normalized spacial score (nSPS) is 17.9. The molecule has 1 heterocycles. The van der Waals surface area contributed by atoms with Crippen LogP contribution in [-0.4, -0.2) is 29.1 Å². The summed E-state index contributed by atoms with van der Waals surface area (Å²) < 4.78 is 0. The predicted octanol–water partition coefficient (Wildman–Crippen LogP) is 3.56. The third kappa shape index (κ3) is 4.53. The van der Waals surface area contributed by atoms with Crippen molar-refractivity contribution in [2.24, 2.45) is 0 Å². The second-order valence-electron chi connectivity index (χ2n) is 6.12. The molecule has 1 saturated heterocycles. The monoisotopic (exact) mass is 325 g/mol. The van der Waals surface area contributed by atoms with Crippen molar-refractivity contribution in [1.29, 1.82) is 0 Å². The summed E-state index contributed by atoms with van der Waals surface area (Å²) in [4.78, 5) is 2.48. The number of hydrogen-bond donors (Lipinski definition) is 2. The summed E-state index contributed by atoms with van der Waals surface area (Å²) >= 11 is 5.46. The van der Waals surface area contributed by atoms with E-state index in [0.29, 0.717) is 11.2 Å². The van der Waals surface area contributed by atoms with E-state index in [1.165, 1.54) is 11.1 Å². The van der Waals surface area contributed by atoms with Crippen LogP contribution in [-0.2, 0) is 6.54 Å². The third-order valence-electron chi connectivity index (χ3n) is 4.25. The van der Waals surface area contributed by atoms with E-state index in [9.17, 15) is 0 Å². The molecule has 3 nitrogen and oxygen atoms in total. The molecule has 2 N–H and O–H groups in total. The summed E-state index contributed by atoms with van der Waals surface area (Å²) in [6.45, 7) is 5.24. The van der Waals surface area contributed by atoms with Crippen molar-refractivity contribution in [3.8, 4) is 0 Å². The summed E-state index contributed by atoms with van der Waals surface area (Å²) in [5, 5.41) is 7.47. The number of aryl methyl sites for hydroxylation is 1. The fraction of sp³-hybridized carbons (Fsp3) is 0.316. The smallest absolute Gasteiger partial charge is 0.171 e. The molecule has 3 rings (SSSR count). The summed E-state index contributed by atoms with van der Waals surface area (Å²) in [7, 11) is 0. The molecule has 4 heteroatoms. The average molecular weight is 325 g/mol. The molecule has 120 valence electrons.